The average Bonchev–Trinajstić information content (AvgIpc) is 2.55. The highest BCUT2D eigenvalue weighted by Gasteiger charge is 2.16. The van der Waals surface area contributed by atoms with Crippen molar-refractivity contribution in [3.63, 3.8) is 0 Å². The Morgan fingerprint density at radius 1 is 1.19 bits per heavy atom. The molecule has 8 heteroatoms. The third-order valence-electron chi connectivity index (χ3n) is 3.20. The van der Waals surface area contributed by atoms with E-state index in [0.717, 1.165) is 5.41 Å². The van der Waals surface area contributed by atoms with Crippen molar-refractivity contribution in [2.45, 2.75) is 57.1 Å². The first-order chi connectivity index (χ1) is 12.5. The number of hydrogen-bond donors (Lipinski definition) is 1. The fourth-order valence-corrected chi connectivity index (χ4v) is 3.17. The van der Waals surface area contributed by atoms with E-state index in [4.69, 9.17) is 9.47 Å². The first-order valence-corrected chi connectivity index (χ1v) is 10.2. The van der Waals surface area contributed by atoms with Crippen LogP contribution >= 0.6 is 0 Å². The molecule has 0 fully saturated rings. The summed E-state index contributed by atoms with van der Waals surface area (Å²) >= 11 is 0. The molecular formula is C19H27NO6S. The minimum atomic E-state index is -3.62. The SMILES string of the molecule is CC(=O)O[C@@H](/C=C/S(=O)(=O)c1ccccc1)CCCNC(=O)OC(C)(C)C. The second-order valence-electron chi connectivity index (χ2n) is 6.91. The Labute approximate surface area is 160 Å². The molecule has 0 aliphatic carbocycles. The van der Waals surface area contributed by atoms with Gasteiger partial charge in [0.1, 0.15) is 11.7 Å². The Bertz CT molecular complexity index is 750. The third-order valence-corrected chi connectivity index (χ3v) is 4.64. The zero-order chi connectivity index (χ0) is 20.5. The molecular weight excluding hydrogens is 370 g/mol. The lowest BCUT2D eigenvalue weighted by molar-refractivity contribution is -0.144. The summed E-state index contributed by atoms with van der Waals surface area (Å²) in [6.45, 7) is 6.86. The van der Waals surface area contributed by atoms with Crippen LogP contribution in [0.5, 0.6) is 0 Å². The number of esters is 1. The predicted molar refractivity (Wildman–Crippen MR) is 102 cm³/mol. The van der Waals surface area contributed by atoms with Crippen LogP contribution in [0.2, 0.25) is 0 Å². The Morgan fingerprint density at radius 3 is 2.37 bits per heavy atom. The molecule has 7 nitrogen and oxygen atoms in total. The van der Waals surface area contributed by atoms with E-state index in [1.54, 1.807) is 39.0 Å². The number of hydrogen-bond acceptors (Lipinski definition) is 6. The number of nitrogens with one attached hydrogen (secondary N) is 1. The molecule has 0 heterocycles. The van der Waals surface area contributed by atoms with Crippen molar-refractivity contribution in [3.05, 3.63) is 41.8 Å². The maximum absolute atomic E-state index is 12.3. The highest BCUT2D eigenvalue weighted by Crippen LogP contribution is 2.13. The molecule has 1 aromatic rings. The van der Waals surface area contributed by atoms with Crippen LogP contribution in [0.15, 0.2) is 46.7 Å². The molecule has 1 aromatic carbocycles. The first kappa shape index (κ1) is 22.7. The van der Waals surface area contributed by atoms with E-state index in [2.05, 4.69) is 5.32 Å². The molecule has 0 aliphatic rings. The summed E-state index contributed by atoms with van der Waals surface area (Å²) in [5.74, 6) is -0.512. The van der Waals surface area contributed by atoms with Crippen LogP contribution in [-0.2, 0) is 24.1 Å². The number of sulfone groups is 1. The Hall–Kier alpha value is -2.35. The van der Waals surface area contributed by atoms with Crippen molar-refractivity contribution in [3.8, 4) is 0 Å². The van der Waals surface area contributed by atoms with Crippen molar-refractivity contribution in [1.29, 1.82) is 0 Å². The molecule has 0 aliphatic heterocycles. The van der Waals surface area contributed by atoms with Gasteiger partial charge in [-0.05, 0) is 51.8 Å². The monoisotopic (exact) mass is 397 g/mol. The Kier molecular flexibility index (Phi) is 8.49. The summed E-state index contributed by atoms with van der Waals surface area (Å²) < 4.78 is 34.8. The van der Waals surface area contributed by atoms with Gasteiger partial charge in [-0.15, -0.1) is 0 Å². The largest absolute Gasteiger partial charge is 0.458 e. The molecule has 150 valence electrons. The number of rotatable bonds is 8. The lowest BCUT2D eigenvalue weighted by Gasteiger charge is -2.20. The Morgan fingerprint density at radius 2 is 1.81 bits per heavy atom. The maximum atomic E-state index is 12.3. The average molecular weight is 397 g/mol. The standard InChI is InChI=1S/C19H27NO6S/c1-15(21)25-16(9-8-13-20-18(22)26-19(2,3)4)12-14-27(23,24)17-10-6-5-7-11-17/h5-7,10-12,14,16H,8-9,13H2,1-4H3,(H,20,22)/b14-12+/t16-/m1/s1. The van der Waals surface area contributed by atoms with Crippen LogP contribution in [0, 0.1) is 0 Å². The van der Waals surface area contributed by atoms with Crippen LogP contribution in [0.25, 0.3) is 0 Å². The van der Waals surface area contributed by atoms with Gasteiger partial charge >= 0.3 is 12.1 Å². The van der Waals surface area contributed by atoms with Gasteiger partial charge in [-0.3, -0.25) is 4.79 Å². The lowest BCUT2D eigenvalue weighted by Crippen LogP contribution is -2.33. The fraction of sp³-hybridized carbons (Fsp3) is 0.474. The van der Waals surface area contributed by atoms with Crippen molar-refractivity contribution >= 4 is 21.9 Å². The van der Waals surface area contributed by atoms with E-state index in [-0.39, 0.29) is 4.90 Å². The summed E-state index contributed by atoms with van der Waals surface area (Å²) in [6.07, 6.45) is 0.940. The zero-order valence-electron chi connectivity index (χ0n) is 16.1. The summed E-state index contributed by atoms with van der Waals surface area (Å²) in [5.41, 5.74) is -0.584. The first-order valence-electron chi connectivity index (χ1n) is 8.62. The second-order valence-corrected chi connectivity index (χ2v) is 8.74. The van der Waals surface area contributed by atoms with Gasteiger partial charge in [0, 0.05) is 18.9 Å². The van der Waals surface area contributed by atoms with E-state index in [9.17, 15) is 18.0 Å². The van der Waals surface area contributed by atoms with E-state index >= 15 is 0 Å². The number of benzene rings is 1. The Balaban J connectivity index is 2.61. The maximum Gasteiger partial charge on any atom is 0.407 e. The van der Waals surface area contributed by atoms with E-state index in [1.807, 2.05) is 0 Å². The van der Waals surface area contributed by atoms with Crippen molar-refractivity contribution in [2.75, 3.05) is 6.54 Å². The molecule has 1 amide bonds. The van der Waals surface area contributed by atoms with E-state index in [1.165, 1.54) is 25.1 Å². The summed E-state index contributed by atoms with van der Waals surface area (Å²) in [7, 11) is -3.62. The van der Waals surface area contributed by atoms with Gasteiger partial charge in [0.05, 0.1) is 4.90 Å². The number of carbonyl (C=O) groups excluding carboxylic acids is 2. The normalized spacial score (nSPS) is 13.2. The zero-order valence-corrected chi connectivity index (χ0v) is 16.9. The van der Waals surface area contributed by atoms with Crippen molar-refractivity contribution in [2.24, 2.45) is 0 Å². The van der Waals surface area contributed by atoms with Gasteiger partial charge in [-0.2, -0.15) is 0 Å². The van der Waals surface area contributed by atoms with Gasteiger partial charge < -0.3 is 14.8 Å². The van der Waals surface area contributed by atoms with Gasteiger partial charge in [0.2, 0.25) is 0 Å². The molecule has 0 saturated heterocycles. The van der Waals surface area contributed by atoms with Crippen molar-refractivity contribution in [1.82, 2.24) is 5.32 Å². The fourth-order valence-electron chi connectivity index (χ4n) is 2.10. The predicted octanol–water partition coefficient (Wildman–Crippen LogP) is 3.21. The van der Waals surface area contributed by atoms with Gasteiger partial charge in [0.15, 0.2) is 9.84 Å². The van der Waals surface area contributed by atoms with Crippen LogP contribution in [0.4, 0.5) is 4.79 Å². The summed E-state index contributed by atoms with van der Waals surface area (Å²) in [6, 6.07) is 7.97. The van der Waals surface area contributed by atoms with Crippen LogP contribution in [0.1, 0.15) is 40.5 Å². The minimum Gasteiger partial charge on any atom is -0.458 e. The highest BCUT2D eigenvalue weighted by molar-refractivity contribution is 7.94. The lowest BCUT2D eigenvalue weighted by atomic mass is 10.2. The quantitative estimate of drug-likeness (QED) is 0.534. The van der Waals surface area contributed by atoms with Crippen LogP contribution in [-0.4, -0.2) is 38.7 Å². The smallest absolute Gasteiger partial charge is 0.407 e. The molecule has 27 heavy (non-hydrogen) atoms. The number of carbonyl (C=O) groups is 2. The molecule has 0 aromatic heterocycles. The summed E-state index contributed by atoms with van der Waals surface area (Å²) in [5, 5.41) is 3.64. The number of amides is 1. The van der Waals surface area contributed by atoms with Crippen LogP contribution < -0.4 is 5.32 Å². The third kappa shape index (κ3) is 9.79. The number of alkyl carbamates (subject to hydrolysis) is 1. The highest BCUT2D eigenvalue weighted by atomic mass is 32.2. The second kappa shape index (κ2) is 10.1. The van der Waals surface area contributed by atoms with Crippen LogP contribution in [0.3, 0.4) is 0 Å². The van der Waals surface area contributed by atoms with Crippen molar-refractivity contribution < 1.29 is 27.5 Å². The molecule has 0 radical (unpaired) electrons. The summed E-state index contributed by atoms with van der Waals surface area (Å²) in [4.78, 5) is 23.0. The molecule has 1 atom stereocenters. The minimum absolute atomic E-state index is 0.161. The number of ether oxygens (including phenoxy) is 2. The molecule has 1 rings (SSSR count). The van der Waals surface area contributed by atoms with Gasteiger partial charge in [0.25, 0.3) is 0 Å². The topological polar surface area (TPSA) is 98.8 Å². The van der Waals surface area contributed by atoms with Gasteiger partial charge in [-0.1, -0.05) is 18.2 Å². The molecule has 0 bridgehead atoms. The van der Waals surface area contributed by atoms with Gasteiger partial charge in [-0.25, -0.2) is 13.2 Å². The van der Waals surface area contributed by atoms with E-state index < -0.39 is 33.6 Å². The molecule has 1 N–H and O–H groups in total. The molecule has 0 saturated carbocycles. The van der Waals surface area contributed by atoms with E-state index in [0.29, 0.717) is 19.4 Å². The molecule has 0 spiro atoms. The molecule has 0 unspecified atom stereocenters.